The number of thiophene rings is 1. The number of hydrogen-bond donors (Lipinski definition) is 1. The first kappa shape index (κ1) is 16.0. The van der Waals surface area contributed by atoms with Crippen molar-refractivity contribution in [1.29, 1.82) is 0 Å². The molecule has 0 spiro atoms. The van der Waals surface area contributed by atoms with Gasteiger partial charge < -0.3 is 10.1 Å². The average molecular weight is 295 g/mol. The van der Waals surface area contributed by atoms with Crippen molar-refractivity contribution in [3.8, 4) is 0 Å². The summed E-state index contributed by atoms with van der Waals surface area (Å²) >= 11 is 2.04. The number of ether oxygens (including phenoxy) is 1. The Kier molecular flexibility index (Phi) is 5.65. The minimum absolute atomic E-state index is 0.0243. The van der Waals surface area contributed by atoms with Crippen LogP contribution in [0.3, 0.4) is 0 Å². The first-order valence-electron chi connectivity index (χ1n) is 7.89. The largest absolute Gasteiger partial charge is 0.379 e. The number of fused-ring (bicyclic) bond motifs is 1. The van der Waals surface area contributed by atoms with Gasteiger partial charge in [-0.05, 0) is 71.0 Å². The fraction of sp³-hybridized carbons (Fsp3) is 0.765. The SMILES string of the molecule is CNC(CCC(C)(C)OC)c1cc2c(s1)CCCCC2. The molecule has 0 bridgehead atoms. The van der Waals surface area contributed by atoms with E-state index in [1.165, 1.54) is 37.0 Å². The van der Waals surface area contributed by atoms with Gasteiger partial charge in [-0.2, -0.15) is 0 Å². The van der Waals surface area contributed by atoms with Crippen LogP contribution >= 0.6 is 11.3 Å². The fourth-order valence-corrected chi connectivity index (χ4v) is 4.29. The van der Waals surface area contributed by atoms with Crippen molar-refractivity contribution in [2.24, 2.45) is 0 Å². The molecule has 0 saturated carbocycles. The van der Waals surface area contributed by atoms with Crippen LogP contribution in [-0.4, -0.2) is 19.8 Å². The Morgan fingerprint density at radius 3 is 2.75 bits per heavy atom. The second kappa shape index (κ2) is 7.06. The maximum absolute atomic E-state index is 5.54. The van der Waals surface area contributed by atoms with Gasteiger partial charge >= 0.3 is 0 Å². The minimum atomic E-state index is -0.0243. The Morgan fingerprint density at radius 2 is 2.05 bits per heavy atom. The second-order valence-corrected chi connectivity index (χ2v) is 7.67. The highest BCUT2D eigenvalue weighted by molar-refractivity contribution is 7.12. The van der Waals surface area contributed by atoms with Crippen molar-refractivity contribution in [2.75, 3.05) is 14.2 Å². The maximum Gasteiger partial charge on any atom is 0.0623 e. The Balaban J connectivity index is 2.04. The number of nitrogens with one attached hydrogen (secondary N) is 1. The summed E-state index contributed by atoms with van der Waals surface area (Å²) in [4.78, 5) is 3.16. The Morgan fingerprint density at radius 1 is 1.30 bits per heavy atom. The molecule has 114 valence electrons. The molecule has 3 heteroatoms. The molecule has 1 aromatic rings. The fourth-order valence-electron chi connectivity index (χ4n) is 2.89. The van der Waals surface area contributed by atoms with Crippen LogP contribution in [0.25, 0.3) is 0 Å². The quantitative estimate of drug-likeness (QED) is 0.781. The topological polar surface area (TPSA) is 21.3 Å². The summed E-state index contributed by atoms with van der Waals surface area (Å²) in [6.07, 6.45) is 8.92. The van der Waals surface area contributed by atoms with E-state index in [2.05, 4.69) is 32.3 Å². The van der Waals surface area contributed by atoms with Crippen LogP contribution in [0.4, 0.5) is 0 Å². The third-order valence-electron chi connectivity index (χ3n) is 4.55. The Labute approximate surface area is 127 Å². The highest BCUT2D eigenvalue weighted by Gasteiger charge is 2.22. The van der Waals surface area contributed by atoms with Crippen molar-refractivity contribution in [2.45, 2.75) is 70.4 Å². The van der Waals surface area contributed by atoms with E-state index in [0.29, 0.717) is 6.04 Å². The van der Waals surface area contributed by atoms with Gasteiger partial charge in [-0.25, -0.2) is 0 Å². The maximum atomic E-state index is 5.54. The number of aryl methyl sites for hydroxylation is 2. The lowest BCUT2D eigenvalue weighted by molar-refractivity contribution is 0.0119. The normalized spacial score (nSPS) is 17.6. The first-order chi connectivity index (χ1) is 9.55. The van der Waals surface area contributed by atoms with Gasteiger partial charge in [0.25, 0.3) is 0 Å². The summed E-state index contributed by atoms with van der Waals surface area (Å²) in [7, 11) is 3.89. The molecule has 0 radical (unpaired) electrons. The van der Waals surface area contributed by atoms with E-state index in [4.69, 9.17) is 4.74 Å². The van der Waals surface area contributed by atoms with E-state index in [9.17, 15) is 0 Å². The molecule has 1 aliphatic carbocycles. The van der Waals surface area contributed by atoms with Crippen LogP contribution in [0.2, 0.25) is 0 Å². The average Bonchev–Trinajstić information content (AvgIpc) is 2.70. The molecular weight excluding hydrogens is 266 g/mol. The summed E-state index contributed by atoms with van der Waals surface area (Å²) in [6.45, 7) is 4.34. The molecule has 0 aliphatic heterocycles. The molecule has 1 unspecified atom stereocenters. The van der Waals surface area contributed by atoms with Gasteiger partial charge in [-0.15, -0.1) is 11.3 Å². The smallest absolute Gasteiger partial charge is 0.0623 e. The molecular formula is C17H29NOS. The predicted molar refractivity (Wildman–Crippen MR) is 87.7 cm³/mol. The standard InChI is InChI=1S/C17H29NOS/c1-17(2,19-4)11-10-14(18-3)16-12-13-8-6-5-7-9-15(13)20-16/h12,14,18H,5-11H2,1-4H3. The van der Waals surface area contributed by atoms with Crippen LogP contribution in [0, 0.1) is 0 Å². The molecule has 0 aromatic carbocycles. The number of rotatable bonds is 6. The molecule has 0 fully saturated rings. The van der Waals surface area contributed by atoms with Gasteiger partial charge in [0.1, 0.15) is 0 Å². The molecule has 2 nitrogen and oxygen atoms in total. The monoisotopic (exact) mass is 295 g/mol. The lowest BCUT2D eigenvalue weighted by Gasteiger charge is -2.25. The molecule has 0 saturated heterocycles. The molecule has 1 atom stereocenters. The van der Waals surface area contributed by atoms with E-state index in [-0.39, 0.29) is 5.60 Å². The predicted octanol–water partition coefficient (Wildman–Crippen LogP) is 4.48. The van der Waals surface area contributed by atoms with Gasteiger partial charge in [0.2, 0.25) is 0 Å². The van der Waals surface area contributed by atoms with Gasteiger partial charge in [-0.3, -0.25) is 0 Å². The number of methoxy groups -OCH3 is 1. The highest BCUT2D eigenvalue weighted by atomic mass is 32.1. The molecule has 2 rings (SSSR count). The van der Waals surface area contributed by atoms with Crippen LogP contribution in [-0.2, 0) is 17.6 Å². The zero-order valence-corrected chi connectivity index (χ0v) is 14.2. The third kappa shape index (κ3) is 4.06. The molecule has 1 heterocycles. The summed E-state index contributed by atoms with van der Waals surface area (Å²) in [6, 6.07) is 2.94. The van der Waals surface area contributed by atoms with E-state index in [1.54, 1.807) is 10.4 Å². The van der Waals surface area contributed by atoms with Gasteiger partial charge in [-0.1, -0.05) is 6.42 Å². The highest BCUT2D eigenvalue weighted by Crippen LogP contribution is 2.34. The molecule has 1 aliphatic rings. The van der Waals surface area contributed by atoms with Crippen LogP contribution in [0.1, 0.15) is 67.3 Å². The van der Waals surface area contributed by atoms with Crippen LogP contribution in [0.5, 0.6) is 0 Å². The Bertz CT molecular complexity index is 401. The van der Waals surface area contributed by atoms with Crippen molar-refractivity contribution < 1.29 is 4.74 Å². The molecule has 1 N–H and O–H groups in total. The van der Waals surface area contributed by atoms with E-state index in [1.807, 2.05) is 18.4 Å². The summed E-state index contributed by atoms with van der Waals surface area (Å²) in [5.41, 5.74) is 1.59. The third-order valence-corrected chi connectivity index (χ3v) is 5.90. The lowest BCUT2D eigenvalue weighted by Crippen LogP contribution is -2.25. The van der Waals surface area contributed by atoms with Gasteiger partial charge in [0.15, 0.2) is 0 Å². The zero-order chi connectivity index (χ0) is 14.6. The second-order valence-electron chi connectivity index (χ2n) is 6.50. The van der Waals surface area contributed by atoms with Crippen molar-refractivity contribution >= 4 is 11.3 Å². The zero-order valence-electron chi connectivity index (χ0n) is 13.4. The van der Waals surface area contributed by atoms with Gasteiger partial charge in [0.05, 0.1) is 5.60 Å². The summed E-state index contributed by atoms with van der Waals surface area (Å²) < 4.78 is 5.54. The summed E-state index contributed by atoms with van der Waals surface area (Å²) in [5, 5.41) is 3.49. The molecule has 1 aromatic heterocycles. The first-order valence-corrected chi connectivity index (χ1v) is 8.71. The lowest BCUT2D eigenvalue weighted by atomic mass is 9.98. The van der Waals surface area contributed by atoms with Crippen molar-refractivity contribution in [3.63, 3.8) is 0 Å². The summed E-state index contributed by atoms with van der Waals surface area (Å²) in [5.74, 6) is 0. The van der Waals surface area contributed by atoms with Crippen LogP contribution in [0.15, 0.2) is 6.07 Å². The van der Waals surface area contributed by atoms with E-state index >= 15 is 0 Å². The molecule has 0 amide bonds. The minimum Gasteiger partial charge on any atom is -0.379 e. The number of hydrogen-bond acceptors (Lipinski definition) is 3. The van der Waals surface area contributed by atoms with Gasteiger partial charge in [0, 0.05) is 22.9 Å². The van der Waals surface area contributed by atoms with E-state index in [0.717, 1.165) is 12.8 Å². The van der Waals surface area contributed by atoms with Crippen LogP contribution < -0.4 is 5.32 Å². The Hall–Kier alpha value is -0.380. The van der Waals surface area contributed by atoms with E-state index < -0.39 is 0 Å². The molecule has 20 heavy (non-hydrogen) atoms. The van der Waals surface area contributed by atoms with Crippen molar-refractivity contribution in [3.05, 3.63) is 21.4 Å². The van der Waals surface area contributed by atoms with Crippen molar-refractivity contribution in [1.82, 2.24) is 5.32 Å².